The molecule has 0 bridgehead atoms. The van der Waals surface area contributed by atoms with E-state index in [0.29, 0.717) is 10.8 Å². The highest BCUT2D eigenvalue weighted by molar-refractivity contribution is 6.30. The summed E-state index contributed by atoms with van der Waals surface area (Å²) in [7, 11) is 0. The van der Waals surface area contributed by atoms with Gasteiger partial charge in [-0.2, -0.15) is 0 Å². The van der Waals surface area contributed by atoms with Crippen molar-refractivity contribution >= 4 is 23.2 Å². The van der Waals surface area contributed by atoms with Crippen LogP contribution in [-0.2, 0) is 4.79 Å². The third-order valence-corrected chi connectivity index (χ3v) is 3.12. The number of carbonyl (C=O) groups excluding carboxylic acids is 1. The molecule has 0 saturated carbocycles. The highest BCUT2D eigenvalue weighted by Crippen LogP contribution is 2.18. The lowest BCUT2D eigenvalue weighted by Gasteiger charge is -2.12. The molecule has 0 fully saturated rings. The van der Waals surface area contributed by atoms with Crippen molar-refractivity contribution in [3.8, 4) is 0 Å². The second kappa shape index (κ2) is 5.82. The van der Waals surface area contributed by atoms with Crippen LogP contribution in [0.25, 0.3) is 0 Å². The van der Waals surface area contributed by atoms with Gasteiger partial charge < -0.3 is 11.1 Å². The molecule has 4 nitrogen and oxygen atoms in total. The van der Waals surface area contributed by atoms with Gasteiger partial charge in [0, 0.05) is 0 Å². The molecule has 2 aromatic rings. The molecule has 0 aliphatic carbocycles. The average Bonchev–Trinajstić information content (AvgIpc) is 2.43. The van der Waals surface area contributed by atoms with Gasteiger partial charge in [0.05, 0.1) is 11.9 Å². The Kier molecular flexibility index (Phi) is 4.14. The first-order chi connectivity index (χ1) is 9.08. The minimum absolute atomic E-state index is 0.283. The van der Waals surface area contributed by atoms with Crippen LogP contribution in [0.2, 0.25) is 5.15 Å². The molecule has 0 aliphatic heterocycles. The first-order valence-corrected chi connectivity index (χ1v) is 6.19. The number of anilines is 1. The monoisotopic (exact) mass is 275 g/mol. The van der Waals surface area contributed by atoms with Crippen molar-refractivity contribution < 1.29 is 4.79 Å². The number of pyridine rings is 1. The lowest BCUT2D eigenvalue weighted by molar-refractivity contribution is -0.117. The molecule has 1 unspecified atom stereocenters. The van der Waals surface area contributed by atoms with E-state index >= 15 is 0 Å². The van der Waals surface area contributed by atoms with Gasteiger partial charge in [-0.3, -0.25) is 4.79 Å². The fourth-order valence-electron chi connectivity index (χ4n) is 1.66. The molecule has 5 heteroatoms. The van der Waals surface area contributed by atoms with Crippen molar-refractivity contribution in [2.24, 2.45) is 5.73 Å². The van der Waals surface area contributed by atoms with Crippen LogP contribution in [0.4, 0.5) is 5.69 Å². The first kappa shape index (κ1) is 13.5. The van der Waals surface area contributed by atoms with E-state index in [4.69, 9.17) is 17.3 Å². The third kappa shape index (κ3) is 3.30. The molecule has 19 heavy (non-hydrogen) atoms. The molecule has 3 N–H and O–H groups in total. The Morgan fingerprint density at radius 1 is 1.37 bits per heavy atom. The van der Waals surface area contributed by atoms with Crippen LogP contribution in [0.5, 0.6) is 0 Å². The Labute approximate surface area is 116 Å². The summed E-state index contributed by atoms with van der Waals surface area (Å²) in [6, 6.07) is 10.2. The van der Waals surface area contributed by atoms with Crippen LogP contribution in [-0.4, -0.2) is 10.9 Å². The molecule has 0 saturated heterocycles. The molecule has 2 rings (SSSR count). The van der Waals surface area contributed by atoms with Gasteiger partial charge in [-0.1, -0.05) is 41.9 Å². The molecular formula is C14H14ClN3O. The molecular weight excluding hydrogens is 262 g/mol. The Balaban J connectivity index is 2.10. The molecule has 1 aromatic heterocycles. The summed E-state index contributed by atoms with van der Waals surface area (Å²) in [5.41, 5.74) is 8.04. The smallest absolute Gasteiger partial charge is 0.245 e. The zero-order chi connectivity index (χ0) is 13.8. The average molecular weight is 276 g/mol. The van der Waals surface area contributed by atoms with E-state index in [1.165, 1.54) is 6.20 Å². The number of benzene rings is 1. The maximum Gasteiger partial charge on any atom is 0.245 e. The van der Waals surface area contributed by atoms with E-state index in [-0.39, 0.29) is 5.91 Å². The Morgan fingerprint density at radius 2 is 2.05 bits per heavy atom. The van der Waals surface area contributed by atoms with Crippen LogP contribution in [0.3, 0.4) is 0 Å². The van der Waals surface area contributed by atoms with Crippen molar-refractivity contribution in [3.63, 3.8) is 0 Å². The minimum atomic E-state index is -0.711. The van der Waals surface area contributed by atoms with Gasteiger partial charge in [0.2, 0.25) is 5.91 Å². The van der Waals surface area contributed by atoms with Gasteiger partial charge >= 0.3 is 0 Å². The summed E-state index contributed by atoms with van der Waals surface area (Å²) in [6.07, 6.45) is 1.50. The van der Waals surface area contributed by atoms with E-state index < -0.39 is 6.04 Å². The van der Waals surface area contributed by atoms with Crippen molar-refractivity contribution in [2.75, 3.05) is 5.32 Å². The maximum atomic E-state index is 12.0. The van der Waals surface area contributed by atoms with Crippen molar-refractivity contribution in [3.05, 3.63) is 58.9 Å². The van der Waals surface area contributed by atoms with E-state index in [1.54, 1.807) is 6.07 Å². The second-order valence-corrected chi connectivity index (χ2v) is 4.57. The van der Waals surface area contributed by atoms with E-state index in [1.807, 2.05) is 37.3 Å². The van der Waals surface area contributed by atoms with Crippen molar-refractivity contribution in [2.45, 2.75) is 13.0 Å². The van der Waals surface area contributed by atoms with Gasteiger partial charge in [-0.25, -0.2) is 4.98 Å². The number of nitrogens with two attached hydrogens (primary N) is 1. The fourth-order valence-corrected chi connectivity index (χ4v) is 1.76. The summed E-state index contributed by atoms with van der Waals surface area (Å²) < 4.78 is 0. The quantitative estimate of drug-likeness (QED) is 0.846. The number of aryl methyl sites for hydroxylation is 1. The summed E-state index contributed by atoms with van der Waals surface area (Å²) in [5, 5.41) is 3.14. The highest BCUT2D eigenvalue weighted by Gasteiger charge is 2.15. The summed E-state index contributed by atoms with van der Waals surface area (Å²) in [6.45, 7) is 1.82. The Morgan fingerprint density at radius 3 is 2.68 bits per heavy atom. The number of aromatic nitrogens is 1. The molecule has 1 heterocycles. The van der Waals surface area contributed by atoms with Crippen LogP contribution < -0.4 is 11.1 Å². The van der Waals surface area contributed by atoms with E-state index in [0.717, 1.165) is 11.1 Å². The van der Waals surface area contributed by atoms with Gasteiger partial charge in [0.1, 0.15) is 11.2 Å². The number of nitrogens with zero attached hydrogens (tertiary/aromatic N) is 1. The number of hydrogen-bond acceptors (Lipinski definition) is 3. The van der Waals surface area contributed by atoms with Gasteiger partial charge in [-0.15, -0.1) is 0 Å². The standard InChI is InChI=1S/C14H14ClN3O/c1-9-7-11(8-17-13(9)15)18-14(19)12(16)10-5-3-2-4-6-10/h2-8,12H,16H2,1H3,(H,18,19). The van der Waals surface area contributed by atoms with Gasteiger partial charge in [-0.05, 0) is 24.1 Å². The second-order valence-electron chi connectivity index (χ2n) is 4.21. The number of amides is 1. The molecule has 0 spiro atoms. The molecule has 0 aliphatic rings. The number of nitrogens with one attached hydrogen (secondary N) is 1. The summed E-state index contributed by atoms with van der Waals surface area (Å²) in [4.78, 5) is 16.0. The summed E-state index contributed by atoms with van der Waals surface area (Å²) >= 11 is 5.83. The first-order valence-electron chi connectivity index (χ1n) is 5.81. The SMILES string of the molecule is Cc1cc(NC(=O)C(N)c2ccccc2)cnc1Cl. The van der Waals surface area contributed by atoms with Crippen LogP contribution in [0.15, 0.2) is 42.6 Å². The fraction of sp³-hybridized carbons (Fsp3) is 0.143. The number of halogens is 1. The van der Waals surface area contributed by atoms with Gasteiger partial charge in [0.25, 0.3) is 0 Å². The van der Waals surface area contributed by atoms with Crippen LogP contribution in [0.1, 0.15) is 17.2 Å². The van der Waals surface area contributed by atoms with Crippen molar-refractivity contribution in [1.29, 1.82) is 0 Å². The zero-order valence-electron chi connectivity index (χ0n) is 10.4. The minimum Gasteiger partial charge on any atom is -0.323 e. The van der Waals surface area contributed by atoms with Crippen LogP contribution in [0, 0.1) is 6.92 Å². The molecule has 98 valence electrons. The number of hydrogen-bond donors (Lipinski definition) is 2. The van der Waals surface area contributed by atoms with Crippen molar-refractivity contribution in [1.82, 2.24) is 4.98 Å². The topological polar surface area (TPSA) is 68.0 Å². The number of carbonyl (C=O) groups is 1. The molecule has 1 atom stereocenters. The Hall–Kier alpha value is -1.91. The summed E-state index contributed by atoms with van der Waals surface area (Å²) in [5.74, 6) is -0.283. The lowest BCUT2D eigenvalue weighted by atomic mass is 10.1. The maximum absolute atomic E-state index is 12.0. The zero-order valence-corrected chi connectivity index (χ0v) is 11.2. The van der Waals surface area contributed by atoms with Crippen LogP contribution >= 0.6 is 11.6 Å². The number of rotatable bonds is 3. The Bertz CT molecular complexity index is 586. The predicted octanol–water partition coefficient (Wildman–Crippen LogP) is 2.68. The van der Waals surface area contributed by atoms with E-state index in [2.05, 4.69) is 10.3 Å². The largest absolute Gasteiger partial charge is 0.323 e. The third-order valence-electron chi connectivity index (χ3n) is 2.72. The molecule has 0 radical (unpaired) electrons. The van der Waals surface area contributed by atoms with Gasteiger partial charge in [0.15, 0.2) is 0 Å². The predicted molar refractivity (Wildman–Crippen MR) is 76.0 cm³/mol. The normalized spacial score (nSPS) is 11.9. The molecule has 1 amide bonds. The highest BCUT2D eigenvalue weighted by atomic mass is 35.5. The molecule has 1 aromatic carbocycles. The lowest BCUT2D eigenvalue weighted by Crippen LogP contribution is -2.27. The van der Waals surface area contributed by atoms with E-state index in [9.17, 15) is 4.79 Å².